The zero-order valence-electron chi connectivity index (χ0n) is 11.5. The van der Waals surface area contributed by atoms with Crippen LogP contribution in [-0.2, 0) is 13.0 Å². The molecule has 0 saturated heterocycles. The third-order valence-electron chi connectivity index (χ3n) is 3.76. The summed E-state index contributed by atoms with van der Waals surface area (Å²) in [6, 6.07) is 9.22. The highest BCUT2D eigenvalue weighted by molar-refractivity contribution is 5.39. The molecule has 1 aliphatic carbocycles. The Kier molecular flexibility index (Phi) is 4.20. The number of alkyl halides is 2. The lowest BCUT2D eigenvalue weighted by Gasteiger charge is -2.26. The lowest BCUT2D eigenvalue weighted by Crippen LogP contribution is -2.24. The van der Waals surface area contributed by atoms with Gasteiger partial charge in [0.05, 0.1) is 12.8 Å². The van der Waals surface area contributed by atoms with Crippen LogP contribution in [0.3, 0.4) is 0 Å². The molecule has 0 bridgehead atoms. The summed E-state index contributed by atoms with van der Waals surface area (Å²) in [7, 11) is 0. The first-order chi connectivity index (χ1) is 10.2. The molecule has 0 fully saturated rings. The Balaban J connectivity index is 1.72. The molecule has 5 heteroatoms. The van der Waals surface area contributed by atoms with Gasteiger partial charge in [0.25, 0.3) is 0 Å². The van der Waals surface area contributed by atoms with Crippen LogP contribution in [0.25, 0.3) is 0 Å². The van der Waals surface area contributed by atoms with Gasteiger partial charge in [0.2, 0.25) is 0 Å². The van der Waals surface area contributed by atoms with E-state index in [0.717, 1.165) is 36.1 Å². The van der Waals surface area contributed by atoms with E-state index in [1.54, 1.807) is 18.4 Å². The van der Waals surface area contributed by atoms with Gasteiger partial charge in [-0.05, 0) is 54.7 Å². The fourth-order valence-electron chi connectivity index (χ4n) is 2.82. The zero-order chi connectivity index (χ0) is 14.7. The standard InChI is InChI=1S/C16H17F2NO2/c17-16(18)21-12-6-7-14-11(9-12)3-1-5-15(14)19-10-13-4-2-8-20-13/h2,4,6-9,15-16,19H,1,3,5,10H2. The van der Waals surface area contributed by atoms with Crippen LogP contribution >= 0.6 is 0 Å². The topological polar surface area (TPSA) is 34.4 Å². The summed E-state index contributed by atoms with van der Waals surface area (Å²) in [5.74, 6) is 1.12. The molecular formula is C16H17F2NO2. The second-order valence-electron chi connectivity index (χ2n) is 5.14. The maximum Gasteiger partial charge on any atom is 0.387 e. The number of rotatable bonds is 5. The average Bonchev–Trinajstić information content (AvgIpc) is 2.97. The number of fused-ring (bicyclic) bond motifs is 1. The van der Waals surface area contributed by atoms with Gasteiger partial charge in [-0.3, -0.25) is 0 Å². The SMILES string of the molecule is FC(F)Oc1ccc2c(c1)CCCC2NCc1ccco1. The van der Waals surface area contributed by atoms with Crippen molar-refractivity contribution in [3.63, 3.8) is 0 Å². The molecule has 1 aromatic heterocycles. The van der Waals surface area contributed by atoms with Crippen molar-refractivity contribution in [3.05, 3.63) is 53.5 Å². The van der Waals surface area contributed by atoms with E-state index in [1.165, 1.54) is 0 Å². The molecule has 0 radical (unpaired) electrons. The van der Waals surface area contributed by atoms with E-state index >= 15 is 0 Å². The zero-order valence-corrected chi connectivity index (χ0v) is 11.5. The van der Waals surface area contributed by atoms with Crippen LogP contribution in [0.2, 0.25) is 0 Å². The Morgan fingerprint density at radius 2 is 2.24 bits per heavy atom. The van der Waals surface area contributed by atoms with Gasteiger partial charge in [0, 0.05) is 6.04 Å². The lowest BCUT2D eigenvalue weighted by atomic mass is 9.87. The summed E-state index contributed by atoms with van der Waals surface area (Å²) >= 11 is 0. The van der Waals surface area contributed by atoms with Gasteiger partial charge in [-0.1, -0.05) is 6.07 Å². The van der Waals surface area contributed by atoms with E-state index in [2.05, 4.69) is 10.1 Å². The van der Waals surface area contributed by atoms with Crippen molar-refractivity contribution >= 4 is 0 Å². The van der Waals surface area contributed by atoms with Gasteiger partial charge in [0.1, 0.15) is 11.5 Å². The van der Waals surface area contributed by atoms with Gasteiger partial charge in [-0.25, -0.2) is 0 Å². The van der Waals surface area contributed by atoms with Crippen LogP contribution in [0.1, 0.15) is 35.8 Å². The van der Waals surface area contributed by atoms with Gasteiger partial charge >= 0.3 is 6.61 Å². The number of furan rings is 1. The largest absolute Gasteiger partial charge is 0.468 e. The van der Waals surface area contributed by atoms with E-state index in [-0.39, 0.29) is 11.8 Å². The second-order valence-corrected chi connectivity index (χ2v) is 5.14. The van der Waals surface area contributed by atoms with Crippen LogP contribution in [0, 0.1) is 0 Å². The Bertz CT molecular complexity index is 584. The van der Waals surface area contributed by atoms with Crippen LogP contribution < -0.4 is 10.1 Å². The molecule has 2 aromatic rings. The maximum absolute atomic E-state index is 12.3. The van der Waals surface area contributed by atoms with Crippen molar-refractivity contribution in [1.29, 1.82) is 0 Å². The summed E-state index contributed by atoms with van der Waals surface area (Å²) in [6.45, 7) is -2.12. The lowest BCUT2D eigenvalue weighted by molar-refractivity contribution is -0.0499. The predicted molar refractivity (Wildman–Crippen MR) is 74.3 cm³/mol. The van der Waals surface area contributed by atoms with Gasteiger partial charge in [0.15, 0.2) is 0 Å². The molecule has 1 unspecified atom stereocenters. The van der Waals surface area contributed by atoms with E-state index < -0.39 is 6.61 Å². The Labute approximate surface area is 121 Å². The molecule has 21 heavy (non-hydrogen) atoms. The summed E-state index contributed by atoms with van der Waals surface area (Å²) < 4.78 is 34.3. The van der Waals surface area contributed by atoms with Crippen molar-refractivity contribution in [2.75, 3.05) is 0 Å². The van der Waals surface area contributed by atoms with Crippen molar-refractivity contribution in [2.24, 2.45) is 0 Å². The van der Waals surface area contributed by atoms with Crippen molar-refractivity contribution < 1.29 is 17.9 Å². The summed E-state index contributed by atoms with van der Waals surface area (Å²) in [4.78, 5) is 0. The molecule has 112 valence electrons. The third-order valence-corrected chi connectivity index (χ3v) is 3.76. The highest BCUT2D eigenvalue weighted by Crippen LogP contribution is 2.32. The molecule has 3 nitrogen and oxygen atoms in total. The fraction of sp³-hybridized carbons (Fsp3) is 0.375. The monoisotopic (exact) mass is 293 g/mol. The molecular weight excluding hydrogens is 276 g/mol. The number of halogens is 2. The minimum Gasteiger partial charge on any atom is -0.468 e. The highest BCUT2D eigenvalue weighted by Gasteiger charge is 2.21. The minimum absolute atomic E-state index is 0.222. The summed E-state index contributed by atoms with van der Waals surface area (Å²) in [6.07, 6.45) is 4.61. The Hall–Kier alpha value is -1.88. The Morgan fingerprint density at radius 1 is 1.33 bits per heavy atom. The molecule has 1 heterocycles. The average molecular weight is 293 g/mol. The van der Waals surface area contributed by atoms with Crippen LogP contribution in [0.15, 0.2) is 41.0 Å². The van der Waals surface area contributed by atoms with Gasteiger partial charge < -0.3 is 14.5 Å². The summed E-state index contributed by atoms with van der Waals surface area (Å²) in [5.41, 5.74) is 2.24. The van der Waals surface area contributed by atoms with Crippen LogP contribution in [0.5, 0.6) is 5.75 Å². The molecule has 1 aliphatic rings. The van der Waals surface area contributed by atoms with E-state index in [0.29, 0.717) is 6.54 Å². The molecule has 1 N–H and O–H groups in total. The molecule has 0 spiro atoms. The molecule has 0 saturated carbocycles. The first-order valence-electron chi connectivity index (χ1n) is 7.06. The normalized spacial score (nSPS) is 17.8. The number of benzene rings is 1. The molecule has 1 aromatic carbocycles. The molecule has 3 rings (SSSR count). The number of hydrogen-bond acceptors (Lipinski definition) is 3. The quantitative estimate of drug-likeness (QED) is 0.903. The second kappa shape index (κ2) is 6.26. The van der Waals surface area contributed by atoms with Gasteiger partial charge in [-0.15, -0.1) is 0 Å². The number of nitrogens with one attached hydrogen (secondary N) is 1. The van der Waals surface area contributed by atoms with E-state index in [9.17, 15) is 8.78 Å². The molecule has 0 aliphatic heterocycles. The van der Waals surface area contributed by atoms with E-state index in [1.807, 2.05) is 18.2 Å². The van der Waals surface area contributed by atoms with E-state index in [4.69, 9.17) is 4.42 Å². The van der Waals surface area contributed by atoms with Crippen LogP contribution in [-0.4, -0.2) is 6.61 Å². The third kappa shape index (κ3) is 3.42. The predicted octanol–water partition coefficient (Wildman–Crippen LogP) is 4.05. The molecule has 1 atom stereocenters. The van der Waals surface area contributed by atoms with Crippen molar-refractivity contribution in [3.8, 4) is 5.75 Å². The number of aryl methyl sites for hydroxylation is 1. The summed E-state index contributed by atoms with van der Waals surface area (Å²) in [5, 5.41) is 3.46. The smallest absolute Gasteiger partial charge is 0.387 e. The first-order valence-corrected chi connectivity index (χ1v) is 7.06. The highest BCUT2D eigenvalue weighted by atomic mass is 19.3. The fourth-order valence-corrected chi connectivity index (χ4v) is 2.82. The maximum atomic E-state index is 12.3. The van der Waals surface area contributed by atoms with Crippen LogP contribution in [0.4, 0.5) is 8.78 Å². The van der Waals surface area contributed by atoms with Gasteiger partial charge in [-0.2, -0.15) is 8.78 Å². The Morgan fingerprint density at radius 3 is 3.00 bits per heavy atom. The minimum atomic E-state index is -2.78. The first kappa shape index (κ1) is 14.1. The van der Waals surface area contributed by atoms with Crippen molar-refractivity contribution in [1.82, 2.24) is 5.32 Å². The van der Waals surface area contributed by atoms with Crippen molar-refractivity contribution in [2.45, 2.75) is 38.5 Å². The number of ether oxygens (including phenoxy) is 1. The number of hydrogen-bond donors (Lipinski definition) is 1. The molecule has 0 amide bonds.